The molecule has 0 amide bonds. The second-order valence-electron chi connectivity index (χ2n) is 5.35. The number of aromatic nitrogens is 1. The van der Waals surface area contributed by atoms with Crippen molar-refractivity contribution in [2.45, 2.75) is 25.8 Å². The van der Waals surface area contributed by atoms with Crippen molar-refractivity contribution in [2.75, 3.05) is 23.1 Å². The van der Waals surface area contributed by atoms with Crippen molar-refractivity contribution >= 4 is 36.7 Å². The Hall–Kier alpha value is -1.38. The van der Waals surface area contributed by atoms with Crippen molar-refractivity contribution in [2.24, 2.45) is 0 Å². The van der Waals surface area contributed by atoms with Crippen LogP contribution in [0.15, 0.2) is 18.2 Å². The molecule has 0 bridgehead atoms. The Bertz CT molecular complexity index is 767. The minimum atomic E-state index is -3.39. The number of sulfonamides is 1. The number of phenolic OH excluding ortho intramolecular Hbond substituents is 1. The van der Waals surface area contributed by atoms with E-state index in [1.165, 1.54) is 15.6 Å². The molecule has 2 aromatic rings. The monoisotopic (exact) mass is 341 g/mol. The summed E-state index contributed by atoms with van der Waals surface area (Å²) < 4.78 is 27.4. The zero-order valence-electron chi connectivity index (χ0n) is 12.3. The summed E-state index contributed by atoms with van der Waals surface area (Å²) in [6, 6.07) is 4.78. The number of hydrogen-bond acceptors (Lipinski definition) is 6. The highest BCUT2D eigenvalue weighted by Crippen LogP contribution is 2.34. The van der Waals surface area contributed by atoms with Crippen molar-refractivity contribution in [1.29, 1.82) is 0 Å². The van der Waals surface area contributed by atoms with Gasteiger partial charge in [0.1, 0.15) is 5.75 Å². The largest absolute Gasteiger partial charge is 0.508 e. The van der Waals surface area contributed by atoms with Crippen molar-refractivity contribution in [3.63, 3.8) is 0 Å². The maximum absolute atomic E-state index is 12.6. The molecule has 1 aliphatic heterocycles. The molecule has 120 valence electrons. The molecule has 1 aliphatic rings. The highest BCUT2D eigenvalue weighted by Gasteiger charge is 2.32. The summed E-state index contributed by atoms with van der Waals surface area (Å²) in [5.74, 6) is 0.206. The van der Waals surface area contributed by atoms with Crippen LogP contribution in [0.25, 0.3) is 10.2 Å². The molecular formula is C14H19N3O3S2. The van der Waals surface area contributed by atoms with Gasteiger partial charge in [-0.3, -0.25) is 0 Å². The Balaban J connectivity index is 2.06. The molecule has 1 fully saturated rings. The lowest BCUT2D eigenvalue weighted by Gasteiger charge is -2.33. The van der Waals surface area contributed by atoms with Crippen LogP contribution in [0.2, 0.25) is 0 Å². The van der Waals surface area contributed by atoms with E-state index in [4.69, 9.17) is 0 Å². The molecule has 1 atom stereocenters. The number of thiazole rings is 1. The number of nitrogens with one attached hydrogen (secondary N) is 1. The number of benzene rings is 1. The van der Waals surface area contributed by atoms with Gasteiger partial charge in [0, 0.05) is 6.54 Å². The minimum absolute atomic E-state index is 0.0463. The van der Waals surface area contributed by atoms with Crippen LogP contribution in [0.4, 0.5) is 5.13 Å². The van der Waals surface area contributed by atoms with Gasteiger partial charge in [0.2, 0.25) is 15.2 Å². The number of hydrogen-bond donors (Lipinski definition) is 2. The van der Waals surface area contributed by atoms with E-state index in [0.717, 1.165) is 24.1 Å². The number of anilines is 1. The molecule has 0 saturated carbocycles. The number of fused-ring (bicyclic) bond motifs is 1. The van der Waals surface area contributed by atoms with Crippen LogP contribution in [-0.2, 0) is 10.0 Å². The molecule has 3 rings (SSSR count). The molecule has 1 aromatic carbocycles. The third kappa shape index (κ3) is 2.90. The number of piperidine rings is 1. The van der Waals surface area contributed by atoms with E-state index in [-0.39, 0.29) is 17.5 Å². The smallest absolute Gasteiger partial charge is 0.236 e. The predicted molar refractivity (Wildman–Crippen MR) is 89.1 cm³/mol. The van der Waals surface area contributed by atoms with Crippen LogP contribution in [0, 0.1) is 0 Å². The fourth-order valence-corrected chi connectivity index (χ4v) is 5.29. The van der Waals surface area contributed by atoms with E-state index >= 15 is 0 Å². The van der Waals surface area contributed by atoms with Crippen LogP contribution in [0.1, 0.15) is 19.8 Å². The van der Waals surface area contributed by atoms with Crippen LogP contribution in [0.3, 0.4) is 0 Å². The fraction of sp³-hybridized carbons (Fsp3) is 0.500. The molecular weight excluding hydrogens is 322 g/mol. The Morgan fingerprint density at radius 2 is 2.32 bits per heavy atom. The summed E-state index contributed by atoms with van der Waals surface area (Å²) in [4.78, 5) is 4.47. The third-order valence-electron chi connectivity index (χ3n) is 3.82. The second-order valence-corrected chi connectivity index (χ2v) is 8.49. The van der Waals surface area contributed by atoms with E-state index in [9.17, 15) is 13.5 Å². The van der Waals surface area contributed by atoms with Gasteiger partial charge in [0.15, 0.2) is 0 Å². The Labute approximate surface area is 133 Å². The van der Waals surface area contributed by atoms with Gasteiger partial charge in [0.05, 0.1) is 22.0 Å². The summed E-state index contributed by atoms with van der Waals surface area (Å²) in [6.45, 7) is 3.21. The zero-order chi connectivity index (χ0) is 15.7. The van der Waals surface area contributed by atoms with E-state index in [1.54, 1.807) is 25.1 Å². The first kappa shape index (κ1) is 15.5. The van der Waals surface area contributed by atoms with Crippen LogP contribution < -0.4 is 9.62 Å². The van der Waals surface area contributed by atoms with E-state index < -0.39 is 10.0 Å². The van der Waals surface area contributed by atoms with E-state index in [1.807, 2.05) is 0 Å². The minimum Gasteiger partial charge on any atom is -0.508 e. The summed E-state index contributed by atoms with van der Waals surface area (Å²) in [6.07, 6.45) is 1.78. The number of nitrogens with zero attached hydrogens (tertiary/aromatic N) is 2. The molecule has 2 heterocycles. The summed E-state index contributed by atoms with van der Waals surface area (Å²) in [5, 5.41) is 13.3. The average Bonchev–Trinajstić information content (AvgIpc) is 2.90. The third-order valence-corrected chi connectivity index (χ3v) is 6.75. The lowest BCUT2D eigenvalue weighted by molar-refractivity contribution is 0.454. The van der Waals surface area contributed by atoms with Gasteiger partial charge in [0.25, 0.3) is 0 Å². The summed E-state index contributed by atoms with van der Waals surface area (Å²) in [5.41, 5.74) is 0.706. The van der Waals surface area contributed by atoms with Gasteiger partial charge in [-0.1, -0.05) is 11.3 Å². The van der Waals surface area contributed by atoms with Crippen LogP contribution in [0.5, 0.6) is 5.75 Å². The summed E-state index contributed by atoms with van der Waals surface area (Å²) in [7, 11) is -3.39. The predicted octanol–water partition coefficient (Wildman–Crippen LogP) is 1.91. The molecule has 1 saturated heterocycles. The van der Waals surface area contributed by atoms with Gasteiger partial charge in [-0.15, -0.1) is 0 Å². The number of rotatable bonds is 4. The van der Waals surface area contributed by atoms with Crippen molar-refractivity contribution in [3.05, 3.63) is 18.2 Å². The highest BCUT2D eigenvalue weighted by atomic mass is 32.2. The highest BCUT2D eigenvalue weighted by molar-refractivity contribution is 7.93. The topological polar surface area (TPSA) is 82.5 Å². The molecule has 1 aromatic heterocycles. The normalized spacial score (nSPS) is 19.4. The van der Waals surface area contributed by atoms with Crippen LogP contribution in [-0.4, -0.2) is 43.4 Å². The van der Waals surface area contributed by atoms with E-state index in [0.29, 0.717) is 17.2 Å². The van der Waals surface area contributed by atoms with Crippen molar-refractivity contribution in [3.8, 4) is 5.75 Å². The molecule has 22 heavy (non-hydrogen) atoms. The van der Waals surface area contributed by atoms with Gasteiger partial charge in [-0.25, -0.2) is 17.7 Å². The average molecular weight is 341 g/mol. The number of aromatic hydroxyl groups is 1. The summed E-state index contributed by atoms with van der Waals surface area (Å²) >= 11 is 1.30. The van der Waals surface area contributed by atoms with E-state index in [2.05, 4.69) is 10.3 Å². The van der Waals surface area contributed by atoms with Crippen molar-refractivity contribution < 1.29 is 13.5 Å². The molecule has 2 N–H and O–H groups in total. The Kier molecular flexibility index (Phi) is 4.24. The lowest BCUT2D eigenvalue weighted by Crippen LogP contribution is -2.49. The first-order valence-electron chi connectivity index (χ1n) is 7.33. The Morgan fingerprint density at radius 3 is 3.00 bits per heavy atom. The first-order valence-corrected chi connectivity index (χ1v) is 9.76. The Morgan fingerprint density at radius 1 is 1.50 bits per heavy atom. The molecule has 0 aliphatic carbocycles. The zero-order valence-corrected chi connectivity index (χ0v) is 14.0. The van der Waals surface area contributed by atoms with Gasteiger partial charge in [-0.2, -0.15) is 0 Å². The quantitative estimate of drug-likeness (QED) is 0.888. The number of phenols is 1. The SMILES string of the molecule is CCS(=O)(=O)N(c1nc2ccc(O)cc2s1)C1CCCNC1. The second kappa shape index (κ2) is 6.02. The fourth-order valence-electron chi connectivity index (χ4n) is 2.67. The van der Waals surface area contributed by atoms with Gasteiger partial charge >= 0.3 is 0 Å². The van der Waals surface area contributed by atoms with Crippen LogP contribution >= 0.6 is 11.3 Å². The molecule has 8 heteroatoms. The molecule has 1 unspecified atom stereocenters. The van der Waals surface area contributed by atoms with Gasteiger partial charge < -0.3 is 10.4 Å². The first-order chi connectivity index (χ1) is 10.5. The molecule has 0 radical (unpaired) electrons. The standard InChI is InChI=1S/C14H19N3O3S2/c1-2-22(19,20)17(10-4-3-7-15-9-10)14-16-12-6-5-11(18)8-13(12)21-14/h5-6,8,10,15,18H,2-4,7,9H2,1H3. The molecule has 0 spiro atoms. The van der Waals surface area contributed by atoms with Gasteiger partial charge in [-0.05, 0) is 44.5 Å². The van der Waals surface area contributed by atoms with Crippen molar-refractivity contribution in [1.82, 2.24) is 10.3 Å². The maximum Gasteiger partial charge on any atom is 0.236 e. The molecule has 6 nitrogen and oxygen atoms in total. The lowest BCUT2D eigenvalue weighted by atomic mass is 10.1. The maximum atomic E-state index is 12.6.